The van der Waals surface area contributed by atoms with Crippen LogP contribution in [0.2, 0.25) is 0 Å². The Hall–Kier alpha value is -5.10. The third-order valence-electron chi connectivity index (χ3n) is 5.83. The summed E-state index contributed by atoms with van der Waals surface area (Å²) in [5.74, 6) is 1.92. The minimum Gasteiger partial charge on any atom is -0.438 e. The van der Waals surface area contributed by atoms with Crippen LogP contribution in [0.5, 0.6) is 11.6 Å². The first-order valence-electron chi connectivity index (χ1n) is 11.6. The molecule has 36 heavy (non-hydrogen) atoms. The van der Waals surface area contributed by atoms with Crippen LogP contribution in [0.4, 0.5) is 11.5 Å². The average molecular weight is 468 g/mol. The van der Waals surface area contributed by atoms with Crippen molar-refractivity contribution in [3.05, 3.63) is 122 Å². The lowest BCUT2D eigenvalue weighted by Crippen LogP contribution is -1.99. The van der Waals surface area contributed by atoms with Crippen LogP contribution in [0.1, 0.15) is 0 Å². The molecule has 0 saturated carbocycles. The van der Waals surface area contributed by atoms with Gasteiger partial charge in [0.25, 0.3) is 0 Å². The van der Waals surface area contributed by atoms with E-state index >= 15 is 0 Å². The summed E-state index contributed by atoms with van der Waals surface area (Å²) in [5, 5.41) is 14.5. The number of nitrogens with zero attached hydrogens (tertiary/aromatic N) is 4. The fraction of sp³-hybridized carbons (Fsp3) is 0. The van der Waals surface area contributed by atoms with E-state index in [1.165, 1.54) is 0 Å². The largest absolute Gasteiger partial charge is 0.438 e. The van der Waals surface area contributed by atoms with Crippen LogP contribution in [0.15, 0.2) is 122 Å². The minimum atomic E-state index is 0.540. The van der Waals surface area contributed by atoms with Gasteiger partial charge >= 0.3 is 0 Å². The number of anilines is 2. The third-order valence-corrected chi connectivity index (χ3v) is 5.83. The highest BCUT2D eigenvalue weighted by Crippen LogP contribution is 2.33. The summed E-state index contributed by atoms with van der Waals surface area (Å²) in [7, 11) is 0. The van der Waals surface area contributed by atoms with Crippen LogP contribution in [0.3, 0.4) is 0 Å². The molecule has 3 aromatic heterocycles. The van der Waals surface area contributed by atoms with Gasteiger partial charge in [-0.1, -0.05) is 54.6 Å². The molecule has 6 rings (SSSR count). The second-order valence-electron chi connectivity index (χ2n) is 8.15. The lowest BCUT2D eigenvalue weighted by molar-refractivity contribution is 0.465. The van der Waals surface area contributed by atoms with Gasteiger partial charge in [-0.05, 0) is 54.1 Å². The molecule has 172 valence electrons. The summed E-state index contributed by atoms with van der Waals surface area (Å²) in [6.07, 6.45) is 5.23. The number of hydrogen-bond acceptors (Lipinski definition) is 6. The normalized spacial score (nSPS) is 10.8. The molecular formula is C30H21N5O. The molecule has 0 fully saturated rings. The van der Waals surface area contributed by atoms with Gasteiger partial charge in [-0.25, -0.2) is 4.98 Å². The van der Waals surface area contributed by atoms with Crippen molar-refractivity contribution in [3.8, 4) is 34.0 Å². The number of nitrogens with one attached hydrogen (secondary N) is 1. The molecule has 0 amide bonds. The summed E-state index contributed by atoms with van der Waals surface area (Å²) in [6.45, 7) is 0. The highest BCUT2D eigenvalue weighted by molar-refractivity contribution is 6.00. The number of rotatable bonds is 6. The Morgan fingerprint density at radius 2 is 1.33 bits per heavy atom. The van der Waals surface area contributed by atoms with Gasteiger partial charge in [0.05, 0.1) is 0 Å². The highest BCUT2D eigenvalue weighted by Gasteiger charge is 2.12. The van der Waals surface area contributed by atoms with Crippen molar-refractivity contribution in [2.75, 3.05) is 5.32 Å². The van der Waals surface area contributed by atoms with E-state index in [1.54, 1.807) is 18.6 Å². The van der Waals surface area contributed by atoms with Crippen LogP contribution in [-0.2, 0) is 0 Å². The van der Waals surface area contributed by atoms with Gasteiger partial charge in [-0.15, -0.1) is 10.2 Å². The second-order valence-corrected chi connectivity index (χ2v) is 8.15. The summed E-state index contributed by atoms with van der Waals surface area (Å²) in [4.78, 5) is 8.52. The molecule has 0 aliphatic heterocycles. The Morgan fingerprint density at radius 1 is 0.583 bits per heavy atom. The molecule has 0 spiro atoms. The summed E-state index contributed by atoms with van der Waals surface area (Å²) >= 11 is 0. The predicted octanol–water partition coefficient (Wildman–Crippen LogP) is 7.29. The molecule has 0 aliphatic rings. The quantitative estimate of drug-likeness (QED) is 0.277. The van der Waals surface area contributed by atoms with Crippen molar-refractivity contribution in [3.63, 3.8) is 0 Å². The van der Waals surface area contributed by atoms with E-state index in [0.29, 0.717) is 17.4 Å². The average Bonchev–Trinajstić information content (AvgIpc) is 2.95. The zero-order chi connectivity index (χ0) is 24.2. The summed E-state index contributed by atoms with van der Waals surface area (Å²) in [5.41, 5.74) is 4.68. The SMILES string of the molecule is c1ccc(-c2nnc(Nc3ccc(Oc4ncccc4-c4ccncc4)cc3)c3ccccc23)cc1. The molecule has 3 heterocycles. The molecule has 1 N–H and O–H groups in total. The molecule has 0 saturated heterocycles. The zero-order valence-corrected chi connectivity index (χ0v) is 19.2. The number of benzene rings is 3. The van der Waals surface area contributed by atoms with Crippen molar-refractivity contribution in [2.45, 2.75) is 0 Å². The standard InChI is InChI=1S/C30H21N5O/c1-2-7-22(8-3-1)28-26-9-4-5-10-27(26)29(35-34-28)33-23-12-14-24(15-13-23)36-30-25(11-6-18-32-30)21-16-19-31-20-17-21/h1-20H,(H,33,35). The predicted molar refractivity (Wildman–Crippen MR) is 142 cm³/mol. The van der Waals surface area contributed by atoms with Crippen LogP contribution in [0, 0.1) is 0 Å². The molecular weight excluding hydrogens is 446 g/mol. The number of pyridine rings is 2. The van der Waals surface area contributed by atoms with Gasteiger partial charge in [0.1, 0.15) is 11.4 Å². The fourth-order valence-electron chi connectivity index (χ4n) is 4.08. The molecule has 6 heteroatoms. The summed E-state index contributed by atoms with van der Waals surface area (Å²) < 4.78 is 6.12. The molecule has 6 nitrogen and oxygen atoms in total. The van der Waals surface area contributed by atoms with Crippen molar-refractivity contribution >= 4 is 22.3 Å². The first kappa shape index (κ1) is 21.4. The van der Waals surface area contributed by atoms with Crippen molar-refractivity contribution < 1.29 is 4.74 Å². The van der Waals surface area contributed by atoms with E-state index < -0.39 is 0 Å². The van der Waals surface area contributed by atoms with E-state index in [1.807, 2.05) is 91.0 Å². The first-order valence-corrected chi connectivity index (χ1v) is 11.6. The third kappa shape index (κ3) is 4.35. The number of fused-ring (bicyclic) bond motifs is 1. The van der Waals surface area contributed by atoms with Gasteiger partial charge in [-0.2, -0.15) is 0 Å². The van der Waals surface area contributed by atoms with E-state index in [-0.39, 0.29) is 0 Å². The maximum Gasteiger partial charge on any atom is 0.227 e. The molecule has 0 aliphatic carbocycles. The summed E-state index contributed by atoms with van der Waals surface area (Å²) in [6, 6.07) is 33.7. The Morgan fingerprint density at radius 3 is 2.14 bits per heavy atom. The van der Waals surface area contributed by atoms with Crippen LogP contribution in [-0.4, -0.2) is 20.2 Å². The van der Waals surface area contributed by atoms with E-state index in [2.05, 4.69) is 37.6 Å². The maximum absolute atomic E-state index is 6.12. The topological polar surface area (TPSA) is 72.8 Å². The molecule has 3 aromatic carbocycles. The molecule has 0 atom stereocenters. The van der Waals surface area contributed by atoms with Crippen molar-refractivity contribution in [1.29, 1.82) is 0 Å². The Labute approximate surface area is 208 Å². The van der Waals surface area contributed by atoms with Gasteiger partial charge in [0.2, 0.25) is 5.88 Å². The first-order chi connectivity index (χ1) is 17.8. The van der Waals surface area contributed by atoms with Gasteiger partial charge in [0, 0.05) is 46.2 Å². The smallest absolute Gasteiger partial charge is 0.227 e. The van der Waals surface area contributed by atoms with Crippen molar-refractivity contribution in [2.24, 2.45) is 0 Å². The number of ether oxygens (including phenoxy) is 1. The molecule has 0 unspecified atom stereocenters. The minimum absolute atomic E-state index is 0.540. The van der Waals surface area contributed by atoms with E-state index in [9.17, 15) is 0 Å². The monoisotopic (exact) mass is 467 g/mol. The Bertz CT molecular complexity index is 1620. The lowest BCUT2D eigenvalue weighted by Gasteiger charge is -2.12. The maximum atomic E-state index is 6.12. The Balaban J connectivity index is 1.26. The second kappa shape index (κ2) is 9.64. The molecule has 0 radical (unpaired) electrons. The van der Waals surface area contributed by atoms with Crippen molar-refractivity contribution in [1.82, 2.24) is 20.2 Å². The lowest BCUT2D eigenvalue weighted by atomic mass is 10.0. The Kier molecular flexibility index (Phi) is 5.74. The van der Waals surface area contributed by atoms with E-state index in [4.69, 9.17) is 4.74 Å². The van der Waals surface area contributed by atoms with E-state index in [0.717, 1.165) is 38.8 Å². The fourth-order valence-corrected chi connectivity index (χ4v) is 4.08. The van der Waals surface area contributed by atoms with Crippen LogP contribution >= 0.6 is 0 Å². The van der Waals surface area contributed by atoms with Crippen LogP contribution < -0.4 is 10.1 Å². The van der Waals surface area contributed by atoms with Gasteiger partial charge in [-0.3, -0.25) is 4.98 Å². The number of aromatic nitrogens is 4. The molecule has 0 bridgehead atoms. The molecule has 6 aromatic rings. The van der Waals surface area contributed by atoms with Crippen LogP contribution in [0.25, 0.3) is 33.2 Å². The number of hydrogen-bond donors (Lipinski definition) is 1. The van der Waals surface area contributed by atoms with Gasteiger partial charge in [0.15, 0.2) is 5.82 Å². The van der Waals surface area contributed by atoms with Gasteiger partial charge < -0.3 is 10.1 Å². The zero-order valence-electron chi connectivity index (χ0n) is 19.2. The highest BCUT2D eigenvalue weighted by atomic mass is 16.5.